The predicted octanol–water partition coefficient (Wildman–Crippen LogP) is 6.85. The summed E-state index contributed by atoms with van der Waals surface area (Å²) in [4.78, 5) is 0. The van der Waals surface area contributed by atoms with Crippen LogP contribution in [-0.4, -0.2) is 0 Å². The molecule has 0 bridgehead atoms. The molecule has 126 valence electrons. The van der Waals surface area contributed by atoms with E-state index in [-0.39, 0.29) is 0 Å². The van der Waals surface area contributed by atoms with E-state index >= 15 is 0 Å². The Morgan fingerprint density at radius 3 is 2.52 bits per heavy atom. The van der Waals surface area contributed by atoms with E-state index in [2.05, 4.69) is 90.5 Å². The molecule has 0 heterocycles. The number of allylic oxidation sites excluding steroid dienone is 5. The molecule has 2 aromatic carbocycles. The summed E-state index contributed by atoms with van der Waals surface area (Å²) in [6, 6.07) is 20.1. The Balaban J connectivity index is 1.70. The summed E-state index contributed by atoms with van der Waals surface area (Å²) in [5.74, 6) is 0. The molecule has 2 atom stereocenters. The first-order valence-electron chi connectivity index (χ1n) is 9.36. The molecule has 1 heteroatoms. The van der Waals surface area contributed by atoms with E-state index in [4.69, 9.17) is 0 Å². The molecule has 0 N–H and O–H groups in total. The average Bonchev–Trinajstić information content (AvgIpc) is 3.28. The van der Waals surface area contributed by atoms with E-state index in [0.717, 1.165) is 0 Å². The third-order valence-corrected chi connectivity index (χ3v) is 18.8. The van der Waals surface area contributed by atoms with Crippen molar-refractivity contribution in [1.29, 1.82) is 0 Å². The van der Waals surface area contributed by atoms with Crippen LogP contribution in [0.1, 0.15) is 33.7 Å². The van der Waals surface area contributed by atoms with Crippen molar-refractivity contribution in [3.05, 3.63) is 98.4 Å². The summed E-state index contributed by atoms with van der Waals surface area (Å²) < 4.78 is 6.57. The van der Waals surface area contributed by atoms with Gasteiger partial charge in [-0.2, -0.15) is 0 Å². The molecule has 25 heavy (non-hydrogen) atoms. The van der Waals surface area contributed by atoms with Gasteiger partial charge in [0, 0.05) is 0 Å². The van der Waals surface area contributed by atoms with Crippen molar-refractivity contribution in [2.75, 3.05) is 0 Å². The summed E-state index contributed by atoms with van der Waals surface area (Å²) >= 11 is -2.58. The molecule has 0 fully saturated rings. The molecular weight excluding hydrogens is 379 g/mol. The summed E-state index contributed by atoms with van der Waals surface area (Å²) in [6.45, 7) is 2.37. The third kappa shape index (κ3) is 3.20. The molecule has 0 aliphatic heterocycles. The van der Waals surface area contributed by atoms with Gasteiger partial charge in [-0.05, 0) is 0 Å². The van der Waals surface area contributed by atoms with Crippen molar-refractivity contribution in [3.63, 3.8) is 0 Å². The van der Waals surface area contributed by atoms with Crippen molar-refractivity contribution >= 4 is 6.08 Å². The number of fused-ring (bicyclic) bond motifs is 1. The Morgan fingerprint density at radius 1 is 1.00 bits per heavy atom. The van der Waals surface area contributed by atoms with Gasteiger partial charge in [-0.15, -0.1) is 0 Å². The first kappa shape index (κ1) is 17.0. The molecule has 2 aliphatic rings. The molecule has 0 amide bonds. The van der Waals surface area contributed by atoms with Gasteiger partial charge in [0.1, 0.15) is 0 Å². The molecule has 4 rings (SSSR count). The van der Waals surface area contributed by atoms with Crippen LogP contribution in [0.2, 0.25) is 8.76 Å². The van der Waals surface area contributed by atoms with Gasteiger partial charge < -0.3 is 0 Å². The fraction of sp³-hybridized carbons (Fsp3) is 0.250. The second-order valence-corrected chi connectivity index (χ2v) is 18.9. The zero-order valence-corrected chi connectivity index (χ0v) is 17.7. The van der Waals surface area contributed by atoms with Gasteiger partial charge in [0.05, 0.1) is 0 Å². The van der Waals surface area contributed by atoms with Crippen LogP contribution in [0, 0.1) is 0 Å². The van der Waals surface area contributed by atoms with Gasteiger partial charge in [-0.3, -0.25) is 0 Å². The van der Waals surface area contributed by atoms with Crippen molar-refractivity contribution in [2.24, 2.45) is 0 Å². The summed E-state index contributed by atoms with van der Waals surface area (Å²) in [5.41, 5.74) is 6.14. The molecule has 2 unspecified atom stereocenters. The molecule has 2 aromatic rings. The second kappa shape index (κ2) is 7.04. The van der Waals surface area contributed by atoms with Crippen LogP contribution < -0.4 is 0 Å². The van der Waals surface area contributed by atoms with Gasteiger partial charge in [-0.25, -0.2) is 0 Å². The summed E-state index contributed by atoms with van der Waals surface area (Å²) in [7, 11) is 0. The Labute approximate surface area is 156 Å². The van der Waals surface area contributed by atoms with E-state index in [1.807, 2.05) is 0 Å². The predicted molar refractivity (Wildman–Crippen MR) is 105 cm³/mol. The van der Waals surface area contributed by atoms with Crippen LogP contribution in [-0.2, 0) is 26.7 Å². The van der Waals surface area contributed by atoms with Crippen molar-refractivity contribution in [3.8, 4) is 0 Å². The van der Waals surface area contributed by atoms with Gasteiger partial charge in [0.15, 0.2) is 0 Å². The minimum absolute atomic E-state index is 0.695. The number of hydrogen-bond donors (Lipinski definition) is 0. The van der Waals surface area contributed by atoms with Crippen LogP contribution in [0.25, 0.3) is 6.08 Å². The first-order chi connectivity index (χ1) is 12.2. The zero-order valence-electron chi connectivity index (χ0n) is 15.2. The van der Waals surface area contributed by atoms with Gasteiger partial charge >= 0.3 is 157 Å². The van der Waals surface area contributed by atoms with Crippen LogP contribution in [0.5, 0.6) is 0 Å². The molecule has 0 radical (unpaired) electrons. The molecule has 2 aliphatic carbocycles. The normalized spacial score (nSPS) is 20.8. The Bertz CT molecular complexity index is 857. The number of hydrogen-bond acceptors (Lipinski definition) is 0. The Morgan fingerprint density at radius 2 is 1.76 bits per heavy atom. The van der Waals surface area contributed by atoms with Gasteiger partial charge in [0.2, 0.25) is 0 Å². The van der Waals surface area contributed by atoms with Crippen molar-refractivity contribution in [1.82, 2.24) is 0 Å². The quantitative estimate of drug-likeness (QED) is 0.510. The Hall–Kier alpha value is -1.46. The minimum atomic E-state index is -2.58. The molecule has 0 saturated heterocycles. The summed E-state index contributed by atoms with van der Waals surface area (Å²) in [6.07, 6.45) is 11.9. The van der Waals surface area contributed by atoms with Crippen LogP contribution in [0.15, 0.2) is 81.7 Å². The average molecular weight is 406 g/mol. The van der Waals surface area contributed by atoms with E-state index < -0.39 is 20.3 Å². The Kier molecular flexibility index (Phi) is 4.78. The number of aryl methyl sites for hydroxylation is 1. The van der Waals surface area contributed by atoms with Gasteiger partial charge in [-0.1, -0.05) is 0 Å². The first-order valence-corrected chi connectivity index (χ1v) is 16.2. The zero-order chi connectivity index (χ0) is 17.3. The van der Waals surface area contributed by atoms with E-state index in [1.54, 1.807) is 14.4 Å². The van der Waals surface area contributed by atoms with Crippen LogP contribution in [0.4, 0.5) is 0 Å². The summed E-state index contributed by atoms with van der Waals surface area (Å²) in [5, 5.41) is 0. The fourth-order valence-corrected chi connectivity index (χ4v) is 16.7. The van der Waals surface area contributed by atoms with Crippen LogP contribution in [0.3, 0.4) is 0 Å². The third-order valence-electron chi connectivity index (χ3n) is 6.06. The molecule has 0 spiro atoms. The standard InChI is InChI=1S/C10H9.C8H9.C5H5.CH3.Zr/c1-8-6-9-4-2-3-5-10(9)7-8;1-2-8-6-4-3-5-7-8;1-2-4-5-3-1;;/h2-7H,1H3;3-7H,1-2H2;1-3H,4H2;1H3;. The maximum atomic E-state index is 2.70. The maximum absolute atomic E-state index is 2.70. The van der Waals surface area contributed by atoms with Crippen molar-refractivity contribution in [2.45, 2.75) is 32.2 Å². The monoisotopic (exact) mass is 404 g/mol. The van der Waals surface area contributed by atoms with Gasteiger partial charge in [0.25, 0.3) is 0 Å². The SMILES string of the molecule is CC1=Cc2ccccc2[CH]1[Zr]([CH3])([CH2]Cc1ccccc1)[C]1=CC=CC1. The van der Waals surface area contributed by atoms with E-state index in [9.17, 15) is 0 Å². The molecular formula is C24H26Zr. The molecule has 0 aromatic heterocycles. The van der Waals surface area contributed by atoms with Crippen molar-refractivity contribution < 1.29 is 20.3 Å². The van der Waals surface area contributed by atoms with Crippen LogP contribution >= 0.6 is 0 Å². The number of rotatable bonds is 5. The number of benzene rings is 2. The molecule has 0 nitrogen and oxygen atoms in total. The topological polar surface area (TPSA) is 0 Å². The van der Waals surface area contributed by atoms with E-state index in [0.29, 0.717) is 3.63 Å². The fourth-order valence-electron chi connectivity index (χ4n) is 4.73. The van der Waals surface area contributed by atoms with E-state index in [1.165, 1.54) is 28.1 Å². The molecule has 0 saturated carbocycles. The second-order valence-electron chi connectivity index (χ2n) is 7.68.